The van der Waals surface area contributed by atoms with Gasteiger partial charge in [-0.1, -0.05) is 36.4 Å². The van der Waals surface area contributed by atoms with Crippen molar-refractivity contribution in [3.8, 4) is 5.69 Å². The topological polar surface area (TPSA) is 120 Å². The second kappa shape index (κ2) is 9.59. The molecular formula is C27H19N5O4. The molecule has 0 unspecified atom stereocenters. The SMILES string of the molecule is O=C(Nc1cccc(-n2c(=O)c(Cc3ccccc3)nc3cccnc32)c1)c1ccc([N+](=O)[O-])cc1. The lowest BCUT2D eigenvalue weighted by molar-refractivity contribution is -0.384. The molecule has 0 aliphatic carbocycles. The number of anilines is 1. The van der Waals surface area contributed by atoms with Gasteiger partial charge in [0.15, 0.2) is 5.65 Å². The number of amides is 1. The number of benzene rings is 3. The van der Waals surface area contributed by atoms with E-state index in [1.165, 1.54) is 28.8 Å². The lowest BCUT2D eigenvalue weighted by Gasteiger charge is -2.13. The number of nitrogens with zero attached hydrogens (tertiary/aromatic N) is 4. The Bertz CT molecular complexity index is 1650. The molecule has 0 bridgehead atoms. The fourth-order valence-electron chi connectivity index (χ4n) is 3.87. The van der Waals surface area contributed by atoms with E-state index in [0.29, 0.717) is 34.7 Å². The Kier molecular flexibility index (Phi) is 6.02. The van der Waals surface area contributed by atoms with Crippen molar-refractivity contribution in [1.82, 2.24) is 14.5 Å². The molecule has 176 valence electrons. The first-order valence-electron chi connectivity index (χ1n) is 11.1. The van der Waals surface area contributed by atoms with Gasteiger partial charge in [0, 0.05) is 36.0 Å². The minimum absolute atomic E-state index is 0.101. The standard InChI is InChI=1S/C27H19N5O4/c33-26(19-11-13-21(14-12-19)32(35)36)29-20-8-4-9-22(17-20)31-25-23(10-5-15-28-25)30-24(27(31)34)16-18-6-2-1-3-7-18/h1-15,17H,16H2,(H,29,33). The Morgan fingerprint density at radius 1 is 0.944 bits per heavy atom. The summed E-state index contributed by atoms with van der Waals surface area (Å²) in [4.78, 5) is 45.5. The number of hydrogen-bond acceptors (Lipinski definition) is 6. The predicted molar refractivity (Wildman–Crippen MR) is 135 cm³/mol. The molecule has 36 heavy (non-hydrogen) atoms. The summed E-state index contributed by atoms with van der Waals surface area (Å²) in [6.45, 7) is 0. The third kappa shape index (κ3) is 4.58. The highest BCUT2D eigenvalue weighted by atomic mass is 16.6. The number of carbonyl (C=O) groups excluding carboxylic acids is 1. The van der Waals surface area contributed by atoms with Gasteiger partial charge < -0.3 is 5.32 Å². The summed E-state index contributed by atoms with van der Waals surface area (Å²) in [7, 11) is 0. The number of rotatable bonds is 6. The van der Waals surface area contributed by atoms with E-state index in [2.05, 4.69) is 15.3 Å². The van der Waals surface area contributed by atoms with Gasteiger partial charge in [-0.3, -0.25) is 24.3 Å². The van der Waals surface area contributed by atoms with Crippen molar-refractivity contribution in [3.05, 3.63) is 134 Å². The lowest BCUT2D eigenvalue weighted by Crippen LogP contribution is -2.25. The number of carbonyl (C=O) groups is 1. The second-order valence-electron chi connectivity index (χ2n) is 8.02. The molecule has 2 heterocycles. The fraction of sp³-hybridized carbons (Fsp3) is 0.0370. The minimum Gasteiger partial charge on any atom is -0.322 e. The van der Waals surface area contributed by atoms with E-state index in [-0.39, 0.29) is 16.8 Å². The first kappa shape index (κ1) is 22.6. The van der Waals surface area contributed by atoms with Gasteiger partial charge in [0.05, 0.1) is 10.6 Å². The predicted octanol–water partition coefficient (Wildman–Crippen LogP) is 4.53. The van der Waals surface area contributed by atoms with E-state index in [0.717, 1.165) is 5.56 Å². The third-order valence-electron chi connectivity index (χ3n) is 5.60. The molecule has 0 radical (unpaired) electrons. The summed E-state index contributed by atoms with van der Waals surface area (Å²) < 4.78 is 1.49. The van der Waals surface area contributed by atoms with Gasteiger partial charge in [-0.15, -0.1) is 0 Å². The molecule has 0 aliphatic heterocycles. The van der Waals surface area contributed by atoms with Crippen molar-refractivity contribution in [2.75, 3.05) is 5.32 Å². The zero-order chi connectivity index (χ0) is 25.1. The smallest absolute Gasteiger partial charge is 0.278 e. The molecule has 9 nitrogen and oxygen atoms in total. The van der Waals surface area contributed by atoms with Crippen LogP contribution >= 0.6 is 0 Å². The van der Waals surface area contributed by atoms with Crippen LogP contribution in [0, 0.1) is 10.1 Å². The van der Waals surface area contributed by atoms with Crippen LogP contribution in [0.3, 0.4) is 0 Å². The number of non-ortho nitro benzene ring substituents is 1. The van der Waals surface area contributed by atoms with E-state index < -0.39 is 10.8 Å². The van der Waals surface area contributed by atoms with Crippen LogP contribution in [-0.4, -0.2) is 25.4 Å². The van der Waals surface area contributed by atoms with Crippen molar-refractivity contribution in [3.63, 3.8) is 0 Å². The molecule has 0 aliphatic rings. The summed E-state index contributed by atoms with van der Waals surface area (Å²) in [5, 5.41) is 13.6. The largest absolute Gasteiger partial charge is 0.322 e. The highest BCUT2D eigenvalue weighted by molar-refractivity contribution is 6.04. The molecule has 9 heteroatoms. The molecule has 0 saturated heterocycles. The first-order chi connectivity index (χ1) is 17.5. The Hall–Kier alpha value is -5.18. The lowest BCUT2D eigenvalue weighted by atomic mass is 10.1. The van der Waals surface area contributed by atoms with Crippen molar-refractivity contribution >= 4 is 28.4 Å². The molecule has 1 amide bonds. The minimum atomic E-state index is -0.526. The molecule has 2 aromatic heterocycles. The zero-order valence-corrected chi connectivity index (χ0v) is 18.9. The Balaban J connectivity index is 1.52. The first-order valence-corrected chi connectivity index (χ1v) is 11.1. The van der Waals surface area contributed by atoms with E-state index in [9.17, 15) is 19.7 Å². The molecule has 0 spiro atoms. The maximum absolute atomic E-state index is 13.5. The van der Waals surface area contributed by atoms with Crippen LogP contribution in [0.25, 0.3) is 16.9 Å². The summed E-state index contributed by atoms with van der Waals surface area (Å²) in [5.41, 5.74) is 3.14. The van der Waals surface area contributed by atoms with Crippen LogP contribution in [-0.2, 0) is 6.42 Å². The number of pyridine rings is 1. The van der Waals surface area contributed by atoms with Gasteiger partial charge >= 0.3 is 0 Å². The van der Waals surface area contributed by atoms with Gasteiger partial charge in [0.2, 0.25) is 0 Å². The van der Waals surface area contributed by atoms with Crippen LogP contribution < -0.4 is 10.9 Å². The fourth-order valence-corrected chi connectivity index (χ4v) is 3.87. The van der Waals surface area contributed by atoms with Crippen molar-refractivity contribution in [2.24, 2.45) is 0 Å². The summed E-state index contributed by atoms with van der Waals surface area (Å²) in [6, 6.07) is 25.3. The molecule has 1 N–H and O–H groups in total. The average molecular weight is 477 g/mol. The normalized spacial score (nSPS) is 10.8. The molecule has 5 rings (SSSR count). The number of nitro benzene ring substituents is 1. The summed E-state index contributed by atoms with van der Waals surface area (Å²) >= 11 is 0. The second-order valence-corrected chi connectivity index (χ2v) is 8.02. The maximum Gasteiger partial charge on any atom is 0.278 e. The van der Waals surface area contributed by atoms with E-state index >= 15 is 0 Å². The van der Waals surface area contributed by atoms with Gasteiger partial charge in [-0.2, -0.15) is 0 Å². The van der Waals surface area contributed by atoms with Crippen LogP contribution in [0.1, 0.15) is 21.6 Å². The molecule has 0 atom stereocenters. The van der Waals surface area contributed by atoms with Crippen LogP contribution in [0.4, 0.5) is 11.4 Å². The Morgan fingerprint density at radius 2 is 1.72 bits per heavy atom. The van der Waals surface area contributed by atoms with Gasteiger partial charge in [0.25, 0.3) is 17.2 Å². The van der Waals surface area contributed by atoms with E-state index in [1.807, 2.05) is 30.3 Å². The molecule has 3 aromatic carbocycles. The quantitative estimate of drug-likeness (QED) is 0.283. The van der Waals surface area contributed by atoms with Crippen LogP contribution in [0.5, 0.6) is 0 Å². The van der Waals surface area contributed by atoms with Crippen molar-refractivity contribution in [2.45, 2.75) is 6.42 Å². The summed E-state index contributed by atoms with van der Waals surface area (Å²) in [6.07, 6.45) is 1.96. The molecule has 0 saturated carbocycles. The summed E-state index contributed by atoms with van der Waals surface area (Å²) in [5.74, 6) is -0.433. The molecule has 0 fully saturated rings. The highest BCUT2D eigenvalue weighted by Crippen LogP contribution is 2.20. The zero-order valence-electron chi connectivity index (χ0n) is 18.9. The third-order valence-corrected chi connectivity index (χ3v) is 5.60. The van der Waals surface area contributed by atoms with Gasteiger partial charge in [-0.25, -0.2) is 9.97 Å². The van der Waals surface area contributed by atoms with E-state index in [4.69, 9.17) is 0 Å². The van der Waals surface area contributed by atoms with Crippen LogP contribution in [0.2, 0.25) is 0 Å². The molecule has 5 aromatic rings. The highest BCUT2D eigenvalue weighted by Gasteiger charge is 2.15. The van der Waals surface area contributed by atoms with Crippen LogP contribution in [0.15, 0.2) is 102 Å². The Morgan fingerprint density at radius 3 is 2.47 bits per heavy atom. The van der Waals surface area contributed by atoms with Crippen molar-refractivity contribution in [1.29, 1.82) is 0 Å². The van der Waals surface area contributed by atoms with E-state index in [1.54, 1.807) is 42.6 Å². The number of nitrogens with one attached hydrogen (secondary N) is 1. The number of fused-ring (bicyclic) bond motifs is 1. The monoisotopic (exact) mass is 477 g/mol. The average Bonchev–Trinajstić information content (AvgIpc) is 2.90. The van der Waals surface area contributed by atoms with Gasteiger partial charge in [0.1, 0.15) is 11.2 Å². The number of nitro groups is 1. The number of aromatic nitrogens is 3. The van der Waals surface area contributed by atoms with Gasteiger partial charge in [-0.05, 0) is 48.0 Å². The van der Waals surface area contributed by atoms with Crippen molar-refractivity contribution < 1.29 is 9.72 Å². The number of hydrogen-bond donors (Lipinski definition) is 1. The Labute approximate surface area is 204 Å². The molecular weight excluding hydrogens is 458 g/mol. The maximum atomic E-state index is 13.5.